The third-order valence-electron chi connectivity index (χ3n) is 2.77. The van der Waals surface area contributed by atoms with Crippen LogP contribution in [0.2, 0.25) is 0 Å². The van der Waals surface area contributed by atoms with E-state index in [0.29, 0.717) is 0 Å². The van der Waals surface area contributed by atoms with Gasteiger partial charge in [0, 0.05) is 6.20 Å². The van der Waals surface area contributed by atoms with Gasteiger partial charge in [-0.15, -0.1) is 0 Å². The number of rotatable bonds is 4. The summed E-state index contributed by atoms with van der Waals surface area (Å²) >= 11 is 0. The van der Waals surface area contributed by atoms with Gasteiger partial charge in [0.15, 0.2) is 11.6 Å². The lowest BCUT2D eigenvalue weighted by molar-refractivity contribution is 0.0838. The normalized spacial score (nSPS) is 10.0. The quantitative estimate of drug-likeness (QED) is 0.842. The van der Waals surface area contributed by atoms with E-state index >= 15 is 0 Å². The van der Waals surface area contributed by atoms with E-state index in [2.05, 4.69) is 4.98 Å². The fraction of sp³-hybridized carbons (Fsp3) is 0.133. The Kier molecular flexibility index (Phi) is 5.19. The average Bonchev–Trinajstić information content (AvgIpc) is 2.56. The van der Waals surface area contributed by atoms with Crippen LogP contribution in [0.5, 0.6) is 5.75 Å². The molecule has 0 aliphatic heterocycles. The molecule has 2 aromatic rings. The fourth-order valence-electron chi connectivity index (χ4n) is 1.75. The molecule has 6 nitrogen and oxygen atoms in total. The number of pyridine rings is 1. The first-order valence-electron chi connectivity index (χ1n) is 6.67. The number of hydrogen-bond donors (Lipinski definition) is 2. The van der Waals surface area contributed by atoms with E-state index in [1.807, 2.05) is 10.9 Å². The minimum atomic E-state index is -1.15. The zero-order valence-corrected chi connectivity index (χ0v) is 12.1. The molecular weight excluding hydrogens is 308 g/mol. The van der Waals surface area contributed by atoms with Crippen LogP contribution in [0.3, 0.4) is 0 Å². The van der Waals surface area contributed by atoms with Crippen LogP contribution >= 0.6 is 0 Å². The van der Waals surface area contributed by atoms with Gasteiger partial charge in [0.05, 0.1) is 6.61 Å². The van der Waals surface area contributed by atoms with Gasteiger partial charge >= 0.3 is 0 Å². The van der Waals surface area contributed by atoms with Crippen molar-refractivity contribution in [2.24, 2.45) is 0 Å². The maximum absolute atomic E-state index is 14.1. The lowest BCUT2D eigenvalue weighted by atomic mass is 10.1. The number of carbonyl (C=O) groups is 2. The molecule has 0 fully saturated rings. The number of halogens is 2. The van der Waals surface area contributed by atoms with Crippen molar-refractivity contribution in [3.8, 4) is 5.75 Å². The van der Waals surface area contributed by atoms with Crippen LogP contribution in [-0.4, -0.2) is 23.4 Å². The van der Waals surface area contributed by atoms with Crippen molar-refractivity contribution < 1.29 is 23.1 Å². The van der Waals surface area contributed by atoms with Crippen molar-refractivity contribution in [3.63, 3.8) is 0 Å². The number of carbonyl (C=O) groups excluding carboxylic acids is 2. The summed E-state index contributed by atoms with van der Waals surface area (Å²) in [5, 5.41) is 0. The fourth-order valence-corrected chi connectivity index (χ4v) is 1.75. The highest BCUT2D eigenvalue weighted by Gasteiger charge is 2.22. The standard InChI is InChI=1S/C15H13F2N3O3/c1-2-23-11-7-6-9(16)12(13(11)17)15(22)20-19-14(21)10-5-3-4-8-18-10/h3-8H,2H2,1H3,(H,19,21)(H,20,22). The van der Waals surface area contributed by atoms with Crippen molar-refractivity contribution >= 4 is 11.8 Å². The SMILES string of the molecule is CCOc1ccc(F)c(C(=O)NNC(=O)c2ccccn2)c1F. The first-order valence-corrected chi connectivity index (χ1v) is 6.67. The van der Waals surface area contributed by atoms with Gasteiger partial charge in [-0.3, -0.25) is 25.4 Å². The Balaban J connectivity index is 2.12. The largest absolute Gasteiger partial charge is 0.491 e. The Morgan fingerprint density at radius 1 is 1.13 bits per heavy atom. The molecular formula is C15H13F2N3O3. The summed E-state index contributed by atoms with van der Waals surface area (Å²) in [7, 11) is 0. The van der Waals surface area contributed by atoms with Crippen molar-refractivity contribution in [2.75, 3.05) is 6.61 Å². The summed E-state index contributed by atoms with van der Waals surface area (Å²) in [6.07, 6.45) is 1.39. The van der Waals surface area contributed by atoms with Gasteiger partial charge in [0.25, 0.3) is 11.8 Å². The molecule has 0 bridgehead atoms. The second-order valence-corrected chi connectivity index (χ2v) is 4.29. The lowest BCUT2D eigenvalue weighted by Crippen LogP contribution is -2.42. The van der Waals surface area contributed by atoms with Gasteiger partial charge in [-0.05, 0) is 31.2 Å². The summed E-state index contributed by atoms with van der Waals surface area (Å²) in [4.78, 5) is 27.4. The van der Waals surface area contributed by atoms with E-state index < -0.39 is 29.0 Å². The van der Waals surface area contributed by atoms with Crippen LogP contribution in [0.4, 0.5) is 8.78 Å². The van der Waals surface area contributed by atoms with Crippen LogP contribution in [0.15, 0.2) is 36.5 Å². The molecule has 0 unspecified atom stereocenters. The second kappa shape index (κ2) is 7.30. The van der Waals surface area contributed by atoms with E-state index in [4.69, 9.17) is 4.74 Å². The molecule has 0 atom stereocenters. The highest BCUT2D eigenvalue weighted by molar-refractivity contribution is 5.98. The van der Waals surface area contributed by atoms with Gasteiger partial charge in [-0.1, -0.05) is 6.07 Å². The van der Waals surface area contributed by atoms with Crippen molar-refractivity contribution in [1.29, 1.82) is 0 Å². The van der Waals surface area contributed by atoms with E-state index in [-0.39, 0.29) is 18.1 Å². The molecule has 2 rings (SSSR count). The number of ether oxygens (including phenoxy) is 1. The highest BCUT2D eigenvalue weighted by Crippen LogP contribution is 2.23. The first-order chi connectivity index (χ1) is 11.0. The van der Waals surface area contributed by atoms with Gasteiger partial charge in [0.2, 0.25) is 0 Å². The minimum absolute atomic E-state index is 0.0387. The van der Waals surface area contributed by atoms with Crippen molar-refractivity contribution in [1.82, 2.24) is 15.8 Å². The maximum Gasteiger partial charge on any atom is 0.288 e. The Bertz CT molecular complexity index is 723. The molecule has 2 amide bonds. The zero-order valence-electron chi connectivity index (χ0n) is 12.1. The van der Waals surface area contributed by atoms with E-state index in [1.54, 1.807) is 19.1 Å². The molecule has 1 heterocycles. The highest BCUT2D eigenvalue weighted by atomic mass is 19.1. The second-order valence-electron chi connectivity index (χ2n) is 4.29. The molecule has 1 aromatic carbocycles. The molecule has 2 N–H and O–H groups in total. The van der Waals surface area contributed by atoms with E-state index in [1.165, 1.54) is 12.3 Å². The number of nitrogens with zero attached hydrogens (tertiary/aromatic N) is 1. The summed E-state index contributed by atoms with van der Waals surface area (Å²) in [6.45, 7) is 1.77. The van der Waals surface area contributed by atoms with E-state index in [0.717, 1.165) is 12.1 Å². The van der Waals surface area contributed by atoms with Crippen LogP contribution in [0, 0.1) is 11.6 Å². The molecule has 0 saturated heterocycles. The van der Waals surface area contributed by atoms with Crippen LogP contribution in [-0.2, 0) is 0 Å². The van der Waals surface area contributed by atoms with Gasteiger partial charge < -0.3 is 4.74 Å². The number of hydrazine groups is 1. The summed E-state index contributed by atoms with van der Waals surface area (Å²) in [6, 6.07) is 6.59. The number of nitrogens with one attached hydrogen (secondary N) is 2. The topological polar surface area (TPSA) is 80.3 Å². The Hall–Kier alpha value is -3.03. The van der Waals surface area contributed by atoms with Gasteiger partial charge in [-0.2, -0.15) is 0 Å². The smallest absolute Gasteiger partial charge is 0.288 e. The number of benzene rings is 1. The van der Waals surface area contributed by atoms with Gasteiger partial charge in [-0.25, -0.2) is 8.78 Å². The minimum Gasteiger partial charge on any atom is -0.491 e. The lowest BCUT2D eigenvalue weighted by Gasteiger charge is -2.11. The van der Waals surface area contributed by atoms with Crippen molar-refractivity contribution in [3.05, 3.63) is 59.4 Å². The zero-order chi connectivity index (χ0) is 16.8. The third-order valence-corrected chi connectivity index (χ3v) is 2.77. The summed E-state index contributed by atoms with van der Waals surface area (Å²) in [5.41, 5.74) is 3.15. The molecule has 0 spiro atoms. The van der Waals surface area contributed by atoms with E-state index in [9.17, 15) is 18.4 Å². The average molecular weight is 321 g/mol. The number of hydrogen-bond acceptors (Lipinski definition) is 4. The Morgan fingerprint density at radius 3 is 2.52 bits per heavy atom. The summed E-state index contributed by atoms with van der Waals surface area (Å²) < 4.78 is 32.7. The molecule has 120 valence electrons. The molecule has 0 saturated carbocycles. The van der Waals surface area contributed by atoms with Crippen LogP contribution in [0.25, 0.3) is 0 Å². The summed E-state index contributed by atoms with van der Waals surface area (Å²) in [5.74, 6) is -4.34. The molecule has 23 heavy (non-hydrogen) atoms. The maximum atomic E-state index is 14.1. The van der Waals surface area contributed by atoms with Crippen LogP contribution < -0.4 is 15.6 Å². The predicted molar refractivity (Wildman–Crippen MR) is 76.7 cm³/mol. The van der Waals surface area contributed by atoms with Gasteiger partial charge in [0.1, 0.15) is 17.1 Å². The Labute approximate surface area is 130 Å². The molecule has 8 heteroatoms. The number of aromatic nitrogens is 1. The first kappa shape index (κ1) is 16.3. The number of amides is 2. The molecule has 0 aliphatic carbocycles. The molecule has 0 radical (unpaired) electrons. The Morgan fingerprint density at radius 2 is 1.87 bits per heavy atom. The molecule has 1 aromatic heterocycles. The monoisotopic (exact) mass is 321 g/mol. The van der Waals surface area contributed by atoms with Crippen molar-refractivity contribution in [2.45, 2.75) is 6.92 Å². The molecule has 0 aliphatic rings. The predicted octanol–water partition coefficient (Wildman–Crippen LogP) is 1.83. The third kappa shape index (κ3) is 3.79. The van der Waals surface area contributed by atoms with Crippen LogP contribution in [0.1, 0.15) is 27.8 Å².